The van der Waals surface area contributed by atoms with E-state index in [0.29, 0.717) is 28.2 Å². The van der Waals surface area contributed by atoms with Crippen LogP contribution in [0.4, 0.5) is 10.1 Å². The van der Waals surface area contributed by atoms with Gasteiger partial charge in [0.25, 0.3) is 5.69 Å². The average Bonchev–Trinajstić information content (AvgIpc) is 3.32. The van der Waals surface area contributed by atoms with E-state index in [4.69, 9.17) is 0 Å². The lowest BCUT2D eigenvalue weighted by Crippen LogP contribution is -1.97. The number of nitrogens with zero attached hydrogens (tertiary/aromatic N) is 4. The van der Waals surface area contributed by atoms with Gasteiger partial charge in [-0.1, -0.05) is 6.07 Å². The first-order chi connectivity index (χ1) is 13.5. The van der Waals surface area contributed by atoms with Gasteiger partial charge in [-0.3, -0.25) is 10.1 Å². The summed E-state index contributed by atoms with van der Waals surface area (Å²) in [5, 5.41) is 20.6. The summed E-state index contributed by atoms with van der Waals surface area (Å²) >= 11 is 0. The number of benzene rings is 2. The molecule has 8 heteroatoms. The van der Waals surface area contributed by atoms with Crippen LogP contribution in [-0.4, -0.2) is 19.5 Å². The summed E-state index contributed by atoms with van der Waals surface area (Å²) in [6, 6.07) is 16.0. The zero-order chi connectivity index (χ0) is 19.7. The lowest BCUT2D eigenvalue weighted by atomic mass is 10.2. The van der Waals surface area contributed by atoms with Crippen molar-refractivity contribution in [2.24, 2.45) is 0 Å². The summed E-state index contributed by atoms with van der Waals surface area (Å²) in [4.78, 5) is 17.8. The summed E-state index contributed by atoms with van der Waals surface area (Å²) < 4.78 is 15.1. The van der Waals surface area contributed by atoms with Crippen molar-refractivity contribution < 1.29 is 9.31 Å². The van der Waals surface area contributed by atoms with E-state index in [1.807, 2.05) is 0 Å². The molecule has 2 heterocycles. The van der Waals surface area contributed by atoms with Crippen LogP contribution in [0.1, 0.15) is 11.5 Å². The number of aromatic nitrogens is 3. The predicted octanol–water partition coefficient (Wildman–Crippen LogP) is 4.47. The van der Waals surface area contributed by atoms with Crippen LogP contribution in [0.3, 0.4) is 0 Å². The Morgan fingerprint density at radius 1 is 1.25 bits per heavy atom. The monoisotopic (exact) mass is 373 g/mol. The molecule has 0 aliphatic carbocycles. The molecule has 4 rings (SSSR count). The van der Waals surface area contributed by atoms with Gasteiger partial charge in [-0.15, -0.1) is 0 Å². The van der Waals surface area contributed by atoms with Crippen molar-refractivity contribution in [1.82, 2.24) is 14.5 Å². The second kappa shape index (κ2) is 6.81. The fraction of sp³-hybridized carbons (Fsp3) is 0. The third kappa shape index (κ3) is 3.12. The average molecular weight is 373 g/mol. The molecule has 2 aromatic heterocycles. The summed E-state index contributed by atoms with van der Waals surface area (Å²) in [5.74, 6) is -0.0837. The highest BCUT2D eigenvalue weighted by Crippen LogP contribution is 2.23. The molecule has 0 saturated heterocycles. The minimum absolute atomic E-state index is 0.0269. The van der Waals surface area contributed by atoms with E-state index >= 15 is 0 Å². The van der Waals surface area contributed by atoms with Gasteiger partial charge in [0.15, 0.2) is 0 Å². The van der Waals surface area contributed by atoms with E-state index in [1.54, 1.807) is 41.1 Å². The molecule has 0 radical (unpaired) electrons. The van der Waals surface area contributed by atoms with Crippen LogP contribution in [0.2, 0.25) is 0 Å². The van der Waals surface area contributed by atoms with E-state index in [9.17, 15) is 19.8 Å². The maximum Gasteiger partial charge on any atom is 0.271 e. The Labute approximate surface area is 158 Å². The molecule has 0 fully saturated rings. The maximum atomic E-state index is 13.4. The molecular weight excluding hydrogens is 361 g/mol. The van der Waals surface area contributed by atoms with Crippen LogP contribution in [0.5, 0.6) is 0 Å². The molecule has 0 aliphatic rings. The summed E-state index contributed by atoms with van der Waals surface area (Å²) in [7, 11) is 0. The van der Waals surface area contributed by atoms with Gasteiger partial charge in [0, 0.05) is 24.0 Å². The van der Waals surface area contributed by atoms with E-state index in [1.165, 1.54) is 30.3 Å². The number of imidazole rings is 1. The van der Waals surface area contributed by atoms with Gasteiger partial charge in [0.05, 0.1) is 27.2 Å². The summed E-state index contributed by atoms with van der Waals surface area (Å²) in [6.07, 6.45) is 3.36. The van der Waals surface area contributed by atoms with Crippen LogP contribution in [0.25, 0.3) is 28.4 Å². The summed E-state index contributed by atoms with van der Waals surface area (Å²) in [6.45, 7) is 0. The predicted molar refractivity (Wildman–Crippen MR) is 102 cm³/mol. The Kier molecular flexibility index (Phi) is 4.18. The topological polar surface area (TPSA) is 101 Å². The van der Waals surface area contributed by atoms with Gasteiger partial charge in [0.2, 0.25) is 0 Å². The molecule has 0 saturated carbocycles. The quantitative estimate of drug-likeness (QED) is 0.324. The number of nitro benzene ring substituents is 1. The SMILES string of the molecule is N#C/C(=C/c1cccn1-c1cccc([N+](=O)[O-])c1)c1nc2ccc(F)cc2[nH]1. The van der Waals surface area contributed by atoms with Crippen LogP contribution in [0.15, 0.2) is 60.8 Å². The minimum atomic E-state index is -0.462. The van der Waals surface area contributed by atoms with E-state index < -0.39 is 10.7 Å². The highest BCUT2D eigenvalue weighted by molar-refractivity contribution is 5.90. The Bertz CT molecular complexity index is 1280. The van der Waals surface area contributed by atoms with Crippen molar-refractivity contribution in [2.45, 2.75) is 0 Å². The third-order valence-corrected chi connectivity index (χ3v) is 4.21. The number of fused-ring (bicyclic) bond motifs is 1. The number of halogens is 1. The smallest absolute Gasteiger partial charge is 0.271 e. The van der Waals surface area contributed by atoms with Gasteiger partial charge >= 0.3 is 0 Å². The Morgan fingerprint density at radius 2 is 2.11 bits per heavy atom. The van der Waals surface area contributed by atoms with Crippen LogP contribution < -0.4 is 0 Å². The van der Waals surface area contributed by atoms with Crippen molar-refractivity contribution in [3.8, 4) is 11.8 Å². The van der Waals surface area contributed by atoms with E-state index in [-0.39, 0.29) is 11.3 Å². The molecule has 0 aliphatic heterocycles. The molecule has 0 spiro atoms. The Morgan fingerprint density at radius 3 is 2.89 bits per heavy atom. The first-order valence-electron chi connectivity index (χ1n) is 8.25. The first-order valence-corrected chi connectivity index (χ1v) is 8.25. The molecule has 28 heavy (non-hydrogen) atoms. The minimum Gasteiger partial charge on any atom is -0.337 e. The fourth-order valence-corrected chi connectivity index (χ4v) is 2.91. The summed E-state index contributed by atoms with van der Waals surface area (Å²) in [5.41, 5.74) is 2.50. The molecule has 0 atom stereocenters. The van der Waals surface area contributed by atoms with Gasteiger partial charge < -0.3 is 9.55 Å². The number of hydrogen-bond acceptors (Lipinski definition) is 4. The third-order valence-electron chi connectivity index (χ3n) is 4.21. The zero-order valence-corrected chi connectivity index (χ0v) is 14.3. The highest BCUT2D eigenvalue weighted by Gasteiger charge is 2.12. The van der Waals surface area contributed by atoms with Crippen molar-refractivity contribution in [3.63, 3.8) is 0 Å². The van der Waals surface area contributed by atoms with Gasteiger partial charge in [-0.05, 0) is 42.5 Å². The van der Waals surface area contributed by atoms with E-state index in [0.717, 1.165) is 0 Å². The van der Waals surface area contributed by atoms with Crippen molar-refractivity contribution >= 4 is 28.4 Å². The van der Waals surface area contributed by atoms with E-state index in [2.05, 4.69) is 16.0 Å². The van der Waals surface area contributed by atoms with Gasteiger partial charge in [-0.2, -0.15) is 5.26 Å². The van der Waals surface area contributed by atoms with Crippen LogP contribution in [-0.2, 0) is 0 Å². The standard InChI is InChI=1S/C20H12FN5O2/c21-14-6-7-18-19(10-14)24-20(23-18)13(12-22)9-15-5-2-8-25(15)16-3-1-4-17(11-16)26(27)28/h1-11H,(H,23,24)/b13-9-. The van der Waals surface area contributed by atoms with Crippen molar-refractivity contribution in [3.05, 3.63) is 88.2 Å². The van der Waals surface area contributed by atoms with Crippen LogP contribution >= 0.6 is 0 Å². The highest BCUT2D eigenvalue weighted by atomic mass is 19.1. The van der Waals surface area contributed by atoms with Crippen molar-refractivity contribution in [2.75, 3.05) is 0 Å². The fourth-order valence-electron chi connectivity index (χ4n) is 2.91. The normalized spacial score (nSPS) is 11.5. The lowest BCUT2D eigenvalue weighted by Gasteiger charge is -2.06. The Hall–Kier alpha value is -4.25. The Balaban J connectivity index is 1.78. The van der Waals surface area contributed by atoms with Crippen LogP contribution in [0, 0.1) is 27.3 Å². The number of rotatable bonds is 4. The number of nitriles is 1. The second-order valence-corrected chi connectivity index (χ2v) is 6.00. The number of hydrogen-bond donors (Lipinski definition) is 1. The number of nitrogens with one attached hydrogen (secondary N) is 1. The lowest BCUT2D eigenvalue weighted by molar-refractivity contribution is -0.384. The molecule has 7 nitrogen and oxygen atoms in total. The number of allylic oxidation sites excluding steroid dienone is 1. The molecule has 2 aromatic carbocycles. The zero-order valence-electron chi connectivity index (χ0n) is 14.3. The molecule has 0 bridgehead atoms. The van der Waals surface area contributed by atoms with Gasteiger partial charge in [-0.25, -0.2) is 9.37 Å². The molecular formula is C20H12FN5O2. The van der Waals surface area contributed by atoms with Gasteiger partial charge in [0.1, 0.15) is 17.7 Å². The largest absolute Gasteiger partial charge is 0.337 e. The maximum absolute atomic E-state index is 13.4. The number of H-pyrrole nitrogens is 1. The molecule has 0 unspecified atom stereocenters. The number of nitro groups is 1. The molecule has 0 amide bonds. The molecule has 1 N–H and O–H groups in total. The first kappa shape index (κ1) is 17.2. The number of aromatic amines is 1. The second-order valence-electron chi connectivity index (χ2n) is 6.00. The van der Waals surface area contributed by atoms with Crippen molar-refractivity contribution in [1.29, 1.82) is 5.26 Å². The molecule has 136 valence electrons. The number of non-ortho nitro benzene ring substituents is 1. The molecule has 4 aromatic rings.